The van der Waals surface area contributed by atoms with E-state index in [2.05, 4.69) is 19.1 Å². The average molecular weight is 370 g/mol. The quantitative estimate of drug-likeness (QED) is 0.559. The summed E-state index contributed by atoms with van der Waals surface area (Å²) < 4.78 is 6.50. The summed E-state index contributed by atoms with van der Waals surface area (Å²) in [5, 5.41) is 0. The maximum absolute atomic E-state index is 12.3. The van der Waals surface area contributed by atoms with E-state index in [1.807, 2.05) is 49.4 Å². The molecule has 0 bridgehead atoms. The van der Waals surface area contributed by atoms with Gasteiger partial charge in [0.05, 0.1) is 4.91 Å². The van der Waals surface area contributed by atoms with Crippen LogP contribution in [0.1, 0.15) is 23.6 Å². The van der Waals surface area contributed by atoms with Gasteiger partial charge in [-0.05, 0) is 43.2 Å². The molecule has 1 aliphatic rings. The van der Waals surface area contributed by atoms with Gasteiger partial charge in [0.15, 0.2) is 0 Å². The highest BCUT2D eigenvalue weighted by Gasteiger charge is 2.30. The Morgan fingerprint density at radius 2 is 2.00 bits per heavy atom. The van der Waals surface area contributed by atoms with Crippen LogP contribution in [-0.4, -0.2) is 21.7 Å². The van der Waals surface area contributed by atoms with Crippen molar-refractivity contribution in [1.82, 2.24) is 4.90 Å². The minimum Gasteiger partial charge on any atom is -0.489 e. The number of hydrogen-bond donors (Lipinski definition) is 0. The number of thioether (sulfide) groups is 1. The Labute approximate surface area is 157 Å². The molecule has 0 saturated carbocycles. The molecule has 3 nitrogen and oxygen atoms in total. The molecule has 3 rings (SSSR count). The van der Waals surface area contributed by atoms with Crippen LogP contribution in [0.5, 0.6) is 5.75 Å². The molecule has 0 aromatic heterocycles. The van der Waals surface area contributed by atoms with E-state index in [-0.39, 0.29) is 5.91 Å². The summed E-state index contributed by atoms with van der Waals surface area (Å²) in [5.74, 6) is 0.754. The van der Waals surface area contributed by atoms with Gasteiger partial charge in [-0.2, -0.15) is 0 Å². The molecule has 1 heterocycles. The van der Waals surface area contributed by atoms with Gasteiger partial charge in [-0.25, -0.2) is 0 Å². The molecule has 0 N–H and O–H groups in total. The second-order valence-corrected chi connectivity index (χ2v) is 7.45. The number of ether oxygens (including phenoxy) is 1. The summed E-state index contributed by atoms with van der Waals surface area (Å²) in [5.41, 5.74) is 3.28. The molecular formula is C20H19NO2S2. The van der Waals surface area contributed by atoms with Gasteiger partial charge >= 0.3 is 0 Å². The SMILES string of the molecule is CCN1C(=O)/C(=C/c2cccc(OCc3cccc(C)c3)c2)SC1=S. The Bertz CT molecular complexity index is 845. The van der Waals surface area contributed by atoms with E-state index in [1.165, 1.54) is 17.3 Å². The van der Waals surface area contributed by atoms with E-state index in [4.69, 9.17) is 17.0 Å². The number of likely N-dealkylation sites (N-methyl/N-ethyl adjacent to an activating group) is 1. The van der Waals surface area contributed by atoms with E-state index in [9.17, 15) is 4.79 Å². The van der Waals surface area contributed by atoms with Crippen LogP contribution >= 0.6 is 24.0 Å². The van der Waals surface area contributed by atoms with Crippen molar-refractivity contribution in [2.75, 3.05) is 6.54 Å². The third kappa shape index (κ3) is 4.30. The number of hydrogen-bond acceptors (Lipinski definition) is 4. The van der Waals surface area contributed by atoms with E-state index in [0.717, 1.165) is 16.9 Å². The van der Waals surface area contributed by atoms with E-state index in [1.54, 1.807) is 4.90 Å². The van der Waals surface area contributed by atoms with E-state index < -0.39 is 0 Å². The smallest absolute Gasteiger partial charge is 0.266 e. The maximum atomic E-state index is 12.3. The van der Waals surface area contributed by atoms with Gasteiger partial charge in [0.1, 0.15) is 16.7 Å². The van der Waals surface area contributed by atoms with Crippen LogP contribution in [0.3, 0.4) is 0 Å². The lowest BCUT2D eigenvalue weighted by Crippen LogP contribution is -2.27. The Balaban J connectivity index is 1.73. The summed E-state index contributed by atoms with van der Waals surface area (Å²) in [6.45, 7) is 5.11. The number of carbonyl (C=O) groups is 1. The second kappa shape index (κ2) is 7.85. The number of amides is 1. The Morgan fingerprint density at radius 3 is 2.72 bits per heavy atom. The molecule has 0 radical (unpaired) electrons. The van der Waals surface area contributed by atoms with Gasteiger partial charge in [-0.1, -0.05) is 65.9 Å². The molecule has 1 saturated heterocycles. The van der Waals surface area contributed by atoms with Crippen molar-refractivity contribution in [3.05, 3.63) is 70.1 Å². The highest BCUT2D eigenvalue weighted by atomic mass is 32.2. The largest absolute Gasteiger partial charge is 0.489 e. The van der Waals surface area contributed by atoms with Crippen molar-refractivity contribution in [2.45, 2.75) is 20.5 Å². The lowest BCUT2D eigenvalue weighted by Gasteiger charge is -2.09. The highest BCUT2D eigenvalue weighted by molar-refractivity contribution is 8.26. The van der Waals surface area contributed by atoms with Crippen LogP contribution in [0.4, 0.5) is 0 Å². The third-order valence-electron chi connectivity index (χ3n) is 3.83. The van der Waals surface area contributed by atoms with E-state index >= 15 is 0 Å². The van der Waals surface area contributed by atoms with Crippen molar-refractivity contribution in [3.63, 3.8) is 0 Å². The molecule has 25 heavy (non-hydrogen) atoms. The molecule has 128 valence electrons. The number of benzene rings is 2. The summed E-state index contributed by atoms with van der Waals surface area (Å²) in [4.78, 5) is 14.6. The van der Waals surface area contributed by atoms with Crippen molar-refractivity contribution in [3.8, 4) is 5.75 Å². The summed E-state index contributed by atoms with van der Waals surface area (Å²) >= 11 is 6.59. The first-order chi connectivity index (χ1) is 12.1. The molecular weight excluding hydrogens is 350 g/mol. The summed E-state index contributed by atoms with van der Waals surface area (Å²) in [7, 11) is 0. The van der Waals surface area contributed by atoms with Crippen molar-refractivity contribution in [1.29, 1.82) is 0 Å². The Hall–Kier alpha value is -2.11. The van der Waals surface area contributed by atoms with Gasteiger partial charge in [0.25, 0.3) is 5.91 Å². The number of carbonyl (C=O) groups excluding carboxylic acids is 1. The van der Waals surface area contributed by atoms with Gasteiger partial charge in [0.2, 0.25) is 0 Å². The minimum absolute atomic E-state index is 0.0245. The number of thiocarbonyl (C=S) groups is 1. The first kappa shape index (κ1) is 17.7. The fourth-order valence-electron chi connectivity index (χ4n) is 2.59. The van der Waals surface area contributed by atoms with Crippen molar-refractivity contribution < 1.29 is 9.53 Å². The molecule has 0 unspecified atom stereocenters. The fraction of sp³-hybridized carbons (Fsp3) is 0.200. The minimum atomic E-state index is -0.0245. The topological polar surface area (TPSA) is 29.5 Å². The molecule has 2 aromatic carbocycles. The normalized spacial score (nSPS) is 15.9. The molecule has 1 amide bonds. The number of nitrogens with zero attached hydrogens (tertiary/aromatic N) is 1. The van der Waals surface area contributed by atoms with Crippen molar-refractivity contribution >= 4 is 40.3 Å². The zero-order valence-corrected chi connectivity index (χ0v) is 15.8. The lowest BCUT2D eigenvalue weighted by atomic mass is 10.1. The van der Waals surface area contributed by atoms with Crippen LogP contribution in [0.15, 0.2) is 53.4 Å². The Morgan fingerprint density at radius 1 is 1.20 bits per heavy atom. The molecule has 0 spiro atoms. The second-order valence-electron chi connectivity index (χ2n) is 5.78. The van der Waals surface area contributed by atoms with Gasteiger partial charge < -0.3 is 4.74 Å². The lowest BCUT2D eigenvalue weighted by molar-refractivity contribution is -0.121. The van der Waals surface area contributed by atoms with Crippen LogP contribution in [0.2, 0.25) is 0 Å². The first-order valence-corrected chi connectivity index (χ1v) is 9.33. The maximum Gasteiger partial charge on any atom is 0.266 e. The molecule has 2 aromatic rings. The zero-order chi connectivity index (χ0) is 17.8. The monoisotopic (exact) mass is 369 g/mol. The predicted octanol–water partition coefficient (Wildman–Crippen LogP) is 4.80. The number of rotatable bonds is 5. The van der Waals surface area contributed by atoms with Crippen LogP contribution in [0.25, 0.3) is 6.08 Å². The highest BCUT2D eigenvalue weighted by Crippen LogP contribution is 2.32. The van der Waals surface area contributed by atoms with Crippen LogP contribution in [-0.2, 0) is 11.4 Å². The predicted molar refractivity (Wildman–Crippen MR) is 108 cm³/mol. The fourth-order valence-corrected chi connectivity index (χ4v) is 3.97. The van der Waals surface area contributed by atoms with Crippen LogP contribution in [0, 0.1) is 6.92 Å². The third-order valence-corrected chi connectivity index (χ3v) is 5.21. The van der Waals surface area contributed by atoms with Gasteiger partial charge in [-0.3, -0.25) is 9.69 Å². The van der Waals surface area contributed by atoms with Gasteiger partial charge in [0, 0.05) is 6.54 Å². The van der Waals surface area contributed by atoms with E-state index in [0.29, 0.717) is 22.4 Å². The standard InChI is InChI=1S/C20H19NO2S2/c1-3-21-19(22)18(25-20(21)24)12-15-7-5-9-17(11-15)23-13-16-8-4-6-14(2)10-16/h4-12H,3,13H2,1-2H3/b18-12-. The Kier molecular flexibility index (Phi) is 5.56. The number of aryl methyl sites for hydroxylation is 1. The zero-order valence-electron chi connectivity index (χ0n) is 14.2. The summed E-state index contributed by atoms with van der Waals surface area (Å²) in [6.07, 6.45) is 1.87. The molecule has 0 atom stereocenters. The molecule has 0 aliphatic carbocycles. The molecule has 5 heteroatoms. The average Bonchev–Trinajstić information content (AvgIpc) is 2.86. The van der Waals surface area contributed by atoms with Gasteiger partial charge in [-0.15, -0.1) is 0 Å². The molecule has 1 fully saturated rings. The first-order valence-electron chi connectivity index (χ1n) is 8.10. The summed E-state index contributed by atoms with van der Waals surface area (Å²) in [6, 6.07) is 16.0. The van der Waals surface area contributed by atoms with Crippen LogP contribution < -0.4 is 4.74 Å². The molecule has 1 aliphatic heterocycles. The van der Waals surface area contributed by atoms with Crippen molar-refractivity contribution in [2.24, 2.45) is 0 Å².